The second kappa shape index (κ2) is 5.18. The molecule has 1 fully saturated rings. The Bertz CT molecular complexity index is 279. The van der Waals surface area contributed by atoms with Gasteiger partial charge < -0.3 is 9.84 Å². The molecule has 1 amide bonds. The number of carbonyl (C=O) groups excluding carboxylic acids is 1. The second-order valence-electron chi connectivity index (χ2n) is 4.30. The maximum atomic E-state index is 11.7. The molecule has 16 heavy (non-hydrogen) atoms. The van der Waals surface area contributed by atoms with Crippen LogP contribution in [0.25, 0.3) is 0 Å². The van der Waals surface area contributed by atoms with Gasteiger partial charge >= 0.3 is 12.1 Å². The van der Waals surface area contributed by atoms with Gasteiger partial charge in [0.1, 0.15) is 5.54 Å². The number of ether oxygens (including phenoxy) is 1. The zero-order valence-electron chi connectivity index (χ0n) is 9.86. The molecule has 0 aliphatic carbocycles. The van der Waals surface area contributed by atoms with E-state index >= 15 is 0 Å². The molecule has 0 aromatic rings. The highest BCUT2D eigenvalue weighted by Crippen LogP contribution is 2.29. The smallest absolute Gasteiger partial charge is 0.410 e. The number of hydrogen-bond donors (Lipinski definition) is 1. The van der Waals surface area contributed by atoms with E-state index < -0.39 is 17.6 Å². The summed E-state index contributed by atoms with van der Waals surface area (Å²) in [6.45, 7) is 4.41. The molecule has 1 heterocycles. The van der Waals surface area contributed by atoms with Crippen LogP contribution in [0.4, 0.5) is 4.79 Å². The molecule has 0 spiro atoms. The fraction of sp³-hybridized carbons (Fsp3) is 0.818. The van der Waals surface area contributed by atoms with Gasteiger partial charge in [-0.05, 0) is 26.2 Å². The lowest BCUT2D eigenvalue weighted by Gasteiger charge is -2.30. The van der Waals surface area contributed by atoms with E-state index in [0.29, 0.717) is 26.0 Å². The van der Waals surface area contributed by atoms with Crippen molar-refractivity contribution in [2.75, 3.05) is 13.2 Å². The fourth-order valence-electron chi connectivity index (χ4n) is 1.86. The van der Waals surface area contributed by atoms with E-state index in [0.717, 1.165) is 12.8 Å². The Morgan fingerprint density at radius 2 is 2.19 bits per heavy atom. The lowest BCUT2D eigenvalue weighted by molar-refractivity contribution is -0.147. The first kappa shape index (κ1) is 12.8. The van der Waals surface area contributed by atoms with Crippen molar-refractivity contribution in [3.05, 3.63) is 0 Å². The minimum absolute atomic E-state index is 0.363. The molecule has 1 rings (SSSR count). The molecule has 5 nitrogen and oxygen atoms in total. The van der Waals surface area contributed by atoms with Gasteiger partial charge in [-0.1, -0.05) is 13.3 Å². The molecule has 0 aromatic carbocycles. The molecule has 1 saturated heterocycles. The van der Waals surface area contributed by atoms with Gasteiger partial charge in [0.25, 0.3) is 0 Å². The summed E-state index contributed by atoms with van der Waals surface area (Å²) in [6.07, 6.45) is 2.46. The molecule has 1 unspecified atom stereocenters. The number of likely N-dealkylation sites (tertiary alicyclic amines) is 1. The summed E-state index contributed by atoms with van der Waals surface area (Å²) >= 11 is 0. The summed E-state index contributed by atoms with van der Waals surface area (Å²) in [4.78, 5) is 24.1. The molecule has 0 saturated carbocycles. The highest BCUT2D eigenvalue weighted by Gasteiger charge is 2.46. The highest BCUT2D eigenvalue weighted by molar-refractivity contribution is 5.84. The monoisotopic (exact) mass is 229 g/mol. The molecular formula is C11H19NO4. The fourth-order valence-corrected chi connectivity index (χ4v) is 1.86. The third-order valence-corrected chi connectivity index (χ3v) is 3.05. The molecule has 92 valence electrons. The van der Waals surface area contributed by atoms with Crippen molar-refractivity contribution in [3.63, 3.8) is 0 Å². The van der Waals surface area contributed by atoms with Gasteiger partial charge in [-0.2, -0.15) is 0 Å². The van der Waals surface area contributed by atoms with Gasteiger partial charge in [-0.15, -0.1) is 0 Å². The number of nitrogens with zero attached hydrogens (tertiary/aromatic N) is 1. The van der Waals surface area contributed by atoms with E-state index in [4.69, 9.17) is 9.84 Å². The Morgan fingerprint density at radius 3 is 2.75 bits per heavy atom. The van der Waals surface area contributed by atoms with Crippen molar-refractivity contribution in [2.45, 2.75) is 45.1 Å². The van der Waals surface area contributed by atoms with E-state index in [9.17, 15) is 9.59 Å². The maximum Gasteiger partial charge on any atom is 0.410 e. The summed E-state index contributed by atoms with van der Waals surface area (Å²) in [6, 6.07) is 0. The van der Waals surface area contributed by atoms with Crippen molar-refractivity contribution in [2.24, 2.45) is 0 Å². The predicted octanol–water partition coefficient (Wildman–Crippen LogP) is 1.86. The van der Waals surface area contributed by atoms with Crippen LogP contribution in [0.5, 0.6) is 0 Å². The Kier molecular flexibility index (Phi) is 4.15. The van der Waals surface area contributed by atoms with Gasteiger partial charge in [0.05, 0.1) is 6.61 Å². The average molecular weight is 229 g/mol. The highest BCUT2D eigenvalue weighted by atomic mass is 16.6. The van der Waals surface area contributed by atoms with Crippen LogP contribution in [0.1, 0.15) is 39.5 Å². The molecule has 1 aliphatic rings. The molecular weight excluding hydrogens is 210 g/mol. The number of amides is 1. The van der Waals surface area contributed by atoms with Crippen LogP contribution in [-0.4, -0.2) is 40.8 Å². The maximum absolute atomic E-state index is 11.7. The quantitative estimate of drug-likeness (QED) is 0.747. The SMILES string of the molecule is CCCCOC(=O)N1CCCC1(C)C(=O)O. The summed E-state index contributed by atoms with van der Waals surface area (Å²) in [5.41, 5.74) is -1.09. The topological polar surface area (TPSA) is 66.8 Å². The molecule has 0 aromatic heterocycles. The number of carboxylic acids is 1. The molecule has 5 heteroatoms. The summed E-state index contributed by atoms with van der Waals surface area (Å²) in [5.74, 6) is -0.961. The van der Waals surface area contributed by atoms with Crippen LogP contribution < -0.4 is 0 Å². The van der Waals surface area contributed by atoms with Crippen LogP contribution >= 0.6 is 0 Å². The number of carbonyl (C=O) groups is 2. The van der Waals surface area contributed by atoms with Gasteiger partial charge in [0, 0.05) is 6.54 Å². The molecule has 0 bridgehead atoms. The van der Waals surface area contributed by atoms with Crippen LogP contribution in [0.3, 0.4) is 0 Å². The zero-order chi connectivity index (χ0) is 12.2. The Hall–Kier alpha value is -1.26. The van der Waals surface area contributed by atoms with Crippen molar-refractivity contribution in [1.29, 1.82) is 0 Å². The predicted molar refractivity (Wildman–Crippen MR) is 58.2 cm³/mol. The van der Waals surface area contributed by atoms with Gasteiger partial charge in [0.15, 0.2) is 0 Å². The number of rotatable bonds is 4. The second-order valence-corrected chi connectivity index (χ2v) is 4.30. The average Bonchev–Trinajstić information content (AvgIpc) is 2.62. The van der Waals surface area contributed by atoms with E-state index in [-0.39, 0.29) is 0 Å². The van der Waals surface area contributed by atoms with Gasteiger partial charge in [-0.25, -0.2) is 9.59 Å². The number of carboxylic acid groups (broad SMARTS) is 1. The lowest BCUT2D eigenvalue weighted by atomic mass is 10.00. The molecule has 1 N–H and O–H groups in total. The largest absolute Gasteiger partial charge is 0.480 e. The molecule has 1 aliphatic heterocycles. The summed E-state index contributed by atoms with van der Waals surface area (Å²) in [5, 5.41) is 9.11. The number of aliphatic carboxylic acids is 1. The van der Waals surface area contributed by atoms with E-state index in [1.165, 1.54) is 4.90 Å². The standard InChI is InChI=1S/C11H19NO4/c1-3-4-8-16-10(15)12-7-5-6-11(12,2)9(13)14/h3-8H2,1-2H3,(H,13,14). The van der Waals surface area contributed by atoms with E-state index in [1.54, 1.807) is 6.92 Å². The first-order chi connectivity index (χ1) is 7.52. The van der Waals surface area contributed by atoms with Gasteiger partial charge in [0.2, 0.25) is 0 Å². The summed E-state index contributed by atoms with van der Waals surface area (Å²) < 4.78 is 5.04. The molecule has 0 radical (unpaired) electrons. The number of unbranched alkanes of at least 4 members (excludes halogenated alkanes) is 1. The van der Waals surface area contributed by atoms with E-state index in [2.05, 4.69) is 0 Å². The first-order valence-corrected chi connectivity index (χ1v) is 5.70. The van der Waals surface area contributed by atoms with Crippen molar-refractivity contribution in [1.82, 2.24) is 4.90 Å². The first-order valence-electron chi connectivity index (χ1n) is 5.70. The van der Waals surface area contributed by atoms with Crippen LogP contribution in [-0.2, 0) is 9.53 Å². The van der Waals surface area contributed by atoms with Crippen molar-refractivity contribution in [3.8, 4) is 0 Å². The minimum atomic E-state index is -1.09. The van der Waals surface area contributed by atoms with Crippen molar-refractivity contribution >= 4 is 12.1 Å². The van der Waals surface area contributed by atoms with Crippen LogP contribution in [0.2, 0.25) is 0 Å². The van der Waals surface area contributed by atoms with Gasteiger partial charge in [-0.3, -0.25) is 4.90 Å². The lowest BCUT2D eigenvalue weighted by Crippen LogP contribution is -2.51. The molecule has 1 atom stereocenters. The van der Waals surface area contributed by atoms with Crippen LogP contribution in [0.15, 0.2) is 0 Å². The van der Waals surface area contributed by atoms with Crippen molar-refractivity contribution < 1.29 is 19.4 Å². The Labute approximate surface area is 95.4 Å². The normalized spacial score (nSPS) is 24.5. The third-order valence-electron chi connectivity index (χ3n) is 3.05. The Morgan fingerprint density at radius 1 is 1.50 bits per heavy atom. The van der Waals surface area contributed by atoms with Crippen LogP contribution in [0, 0.1) is 0 Å². The third kappa shape index (κ3) is 2.46. The summed E-state index contributed by atoms with van der Waals surface area (Å²) in [7, 11) is 0. The number of hydrogen-bond acceptors (Lipinski definition) is 3. The Balaban J connectivity index is 2.58. The zero-order valence-corrected chi connectivity index (χ0v) is 9.86. The minimum Gasteiger partial charge on any atom is -0.480 e. The van der Waals surface area contributed by atoms with E-state index in [1.807, 2.05) is 6.92 Å².